The van der Waals surface area contributed by atoms with Gasteiger partial charge in [0.2, 0.25) is 0 Å². The first-order chi connectivity index (χ1) is 9.54. The van der Waals surface area contributed by atoms with Crippen molar-refractivity contribution in [3.05, 3.63) is 58.9 Å². The summed E-state index contributed by atoms with van der Waals surface area (Å²) in [6.07, 6.45) is 0. The summed E-state index contributed by atoms with van der Waals surface area (Å²) in [5, 5.41) is 9.38. The average Bonchev–Trinajstić information content (AvgIpc) is 2.42. The van der Waals surface area contributed by atoms with Crippen LogP contribution in [0.15, 0.2) is 42.5 Å². The Kier molecular flexibility index (Phi) is 4.25. The van der Waals surface area contributed by atoms with Crippen LogP contribution in [-0.4, -0.2) is 17.6 Å². The van der Waals surface area contributed by atoms with E-state index in [9.17, 15) is 14.3 Å². The molecule has 0 unspecified atom stereocenters. The number of amides is 1. The molecule has 0 spiro atoms. The first kappa shape index (κ1) is 14.3. The molecule has 2 aromatic rings. The van der Waals surface area contributed by atoms with E-state index in [0.29, 0.717) is 12.2 Å². The number of halogens is 2. The third-order valence-corrected chi connectivity index (χ3v) is 3.18. The predicted octanol–water partition coefficient (Wildman–Crippen LogP) is 3.85. The van der Waals surface area contributed by atoms with Gasteiger partial charge in [0, 0.05) is 18.3 Å². The SMILES string of the molecule is CCN(C(=O)c1cccc(Cl)c1F)c1cccc(O)c1. The number of carbonyl (C=O) groups excluding carboxylic acids is 1. The van der Waals surface area contributed by atoms with Gasteiger partial charge >= 0.3 is 0 Å². The minimum absolute atomic E-state index is 0.0420. The highest BCUT2D eigenvalue weighted by Gasteiger charge is 2.21. The van der Waals surface area contributed by atoms with Crippen molar-refractivity contribution in [1.82, 2.24) is 0 Å². The maximum absolute atomic E-state index is 13.9. The molecule has 0 heterocycles. The lowest BCUT2D eigenvalue weighted by Gasteiger charge is -2.21. The molecule has 0 aliphatic carbocycles. The lowest BCUT2D eigenvalue weighted by atomic mass is 10.1. The van der Waals surface area contributed by atoms with E-state index in [-0.39, 0.29) is 16.3 Å². The van der Waals surface area contributed by atoms with Crippen molar-refractivity contribution in [2.75, 3.05) is 11.4 Å². The van der Waals surface area contributed by atoms with Gasteiger partial charge in [-0.2, -0.15) is 0 Å². The number of nitrogens with zero attached hydrogens (tertiary/aromatic N) is 1. The molecule has 0 saturated carbocycles. The van der Waals surface area contributed by atoms with Crippen molar-refractivity contribution >= 4 is 23.2 Å². The lowest BCUT2D eigenvalue weighted by Crippen LogP contribution is -2.31. The Labute approximate surface area is 121 Å². The molecule has 1 N–H and O–H groups in total. The Balaban J connectivity index is 2.42. The summed E-state index contributed by atoms with van der Waals surface area (Å²) < 4.78 is 13.9. The number of phenolic OH excluding ortho intramolecular Hbond substituents is 1. The molecule has 0 radical (unpaired) electrons. The molecule has 0 fully saturated rings. The highest BCUT2D eigenvalue weighted by molar-refractivity contribution is 6.31. The van der Waals surface area contributed by atoms with Gasteiger partial charge in [0.1, 0.15) is 5.75 Å². The quantitative estimate of drug-likeness (QED) is 0.934. The zero-order chi connectivity index (χ0) is 14.7. The van der Waals surface area contributed by atoms with Crippen LogP contribution in [0.25, 0.3) is 0 Å². The van der Waals surface area contributed by atoms with E-state index in [1.807, 2.05) is 0 Å². The van der Waals surface area contributed by atoms with Crippen LogP contribution in [0.1, 0.15) is 17.3 Å². The number of hydrogen-bond acceptors (Lipinski definition) is 2. The first-order valence-electron chi connectivity index (χ1n) is 6.09. The Morgan fingerprint density at radius 1 is 1.30 bits per heavy atom. The van der Waals surface area contributed by atoms with Crippen LogP contribution in [-0.2, 0) is 0 Å². The van der Waals surface area contributed by atoms with Crippen molar-refractivity contribution in [1.29, 1.82) is 0 Å². The molecule has 0 saturated heterocycles. The Morgan fingerprint density at radius 3 is 2.65 bits per heavy atom. The molecule has 2 rings (SSSR count). The van der Waals surface area contributed by atoms with Gasteiger partial charge in [0.05, 0.1) is 10.6 Å². The fourth-order valence-electron chi connectivity index (χ4n) is 1.92. The number of aromatic hydroxyl groups is 1. The van der Waals surface area contributed by atoms with Gasteiger partial charge in [0.25, 0.3) is 5.91 Å². The minimum atomic E-state index is -0.738. The number of hydrogen-bond donors (Lipinski definition) is 1. The van der Waals surface area contributed by atoms with Crippen LogP contribution >= 0.6 is 11.6 Å². The van der Waals surface area contributed by atoms with Crippen LogP contribution in [0.2, 0.25) is 5.02 Å². The molecule has 0 aromatic heterocycles. The topological polar surface area (TPSA) is 40.5 Å². The Hall–Kier alpha value is -2.07. The number of phenols is 1. The van der Waals surface area contributed by atoms with Crippen LogP contribution in [0, 0.1) is 5.82 Å². The molecule has 5 heteroatoms. The third kappa shape index (κ3) is 2.75. The largest absolute Gasteiger partial charge is 0.508 e. The van der Waals surface area contributed by atoms with E-state index >= 15 is 0 Å². The summed E-state index contributed by atoms with van der Waals surface area (Å²) in [5.41, 5.74) is 0.402. The maximum atomic E-state index is 13.9. The maximum Gasteiger partial charge on any atom is 0.261 e. The molecular weight excluding hydrogens is 281 g/mol. The van der Waals surface area contributed by atoms with E-state index in [4.69, 9.17) is 11.6 Å². The van der Waals surface area contributed by atoms with Gasteiger partial charge in [0.15, 0.2) is 5.82 Å². The number of anilines is 1. The predicted molar refractivity (Wildman–Crippen MR) is 76.9 cm³/mol. The Bertz CT molecular complexity index is 646. The summed E-state index contributed by atoms with van der Waals surface area (Å²) >= 11 is 5.69. The van der Waals surface area contributed by atoms with Gasteiger partial charge in [-0.1, -0.05) is 23.7 Å². The van der Waals surface area contributed by atoms with E-state index in [0.717, 1.165) is 0 Å². The molecule has 0 aliphatic rings. The van der Waals surface area contributed by atoms with E-state index in [1.54, 1.807) is 19.1 Å². The van der Waals surface area contributed by atoms with Crippen molar-refractivity contribution in [3.63, 3.8) is 0 Å². The first-order valence-corrected chi connectivity index (χ1v) is 6.47. The molecule has 2 aromatic carbocycles. The molecule has 0 atom stereocenters. The van der Waals surface area contributed by atoms with E-state index in [2.05, 4.69) is 0 Å². The van der Waals surface area contributed by atoms with Crippen molar-refractivity contribution in [3.8, 4) is 5.75 Å². The third-order valence-electron chi connectivity index (χ3n) is 2.88. The van der Waals surface area contributed by atoms with Crippen LogP contribution < -0.4 is 4.90 Å². The summed E-state index contributed by atoms with van der Waals surface area (Å²) in [6.45, 7) is 2.11. The molecule has 20 heavy (non-hydrogen) atoms. The van der Waals surface area contributed by atoms with Gasteiger partial charge in [-0.05, 0) is 31.2 Å². The number of carbonyl (C=O) groups is 1. The molecule has 104 valence electrons. The van der Waals surface area contributed by atoms with Gasteiger partial charge in [-0.25, -0.2) is 4.39 Å². The monoisotopic (exact) mass is 293 g/mol. The average molecular weight is 294 g/mol. The summed E-state index contributed by atoms with van der Waals surface area (Å²) in [6, 6.07) is 10.5. The van der Waals surface area contributed by atoms with E-state index < -0.39 is 11.7 Å². The fourth-order valence-corrected chi connectivity index (χ4v) is 2.09. The molecule has 3 nitrogen and oxygen atoms in total. The summed E-state index contributed by atoms with van der Waals surface area (Å²) in [4.78, 5) is 13.8. The second-order valence-electron chi connectivity index (χ2n) is 4.17. The van der Waals surface area contributed by atoms with Crippen LogP contribution in [0.3, 0.4) is 0 Å². The van der Waals surface area contributed by atoms with Gasteiger partial charge in [-0.3, -0.25) is 4.79 Å². The van der Waals surface area contributed by atoms with Crippen LogP contribution in [0.5, 0.6) is 5.75 Å². The minimum Gasteiger partial charge on any atom is -0.508 e. The molecule has 1 amide bonds. The number of rotatable bonds is 3. The van der Waals surface area contributed by atoms with Crippen molar-refractivity contribution in [2.45, 2.75) is 6.92 Å². The Morgan fingerprint density at radius 2 is 2.00 bits per heavy atom. The van der Waals surface area contributed by atoms with Crippen LogP contribution in [0.4, 0.5) is 10.1 Å². The second kappa shape index (κ2) is 5.92. The highest BCUT2D eigenvalue weighted by Crippen LogP contribution is 2.24. The molecule has 0 aliphatic heterocycles. The summed E-state index contributed by atoms with van der Waals surface area (Å²) in [5.74, 6) is -1.20. The zero-order valence-corrected chi connectivity index (χ0v) is 11.6. The molecule has 0 bridgehead atoms. The zero-order valence-electron chi connectivity index (χ0n) is 10.8. The van der Waals surface area contributed by atoms with E-state index in [1.165, 1.54) is 35.2 Å². The normalized spacial score (nSPS) is 10.3. The van der Waals surface area contributed by atoms with Crippen molar-refractivity contribution < 1.29 is 14.3 Å². The standard InChI is InChI=1S/C15H13ClFNO2/c1-2-18(10-5-3-6-11(19)9-10)15(20)12-7-4-8-13(16)14(12)17/h3-9,19H,2H2,1H3. The molecular formula is C15H13ClFNO2. The smallest absolute Gasteiger partial charge is 0.261 e. The second-order valence-corrected chi connectivity index (χ2v) is 4.58. The lowest BCUT2D eigenvalue weighted by molar-refractivity contribution is 0.0984. The van der Waals surface area contributed by atoms with Gasteiger partial charge < -0.3 is 10.0 Å². The summed E-state index contributed by atoms with van der Waals surface area (Å²) in [7, 11) is 0. The van der Waals surface area contributed by atoms with Gasteiger partial charge in [-0.15, -0.1) is 0 Å². The fraction of sp³-hybridized carbons (Fsp3) is 0.133. The number of benzene rings is 2. The highest BCUT2D eigenvalue weighted by atomic mass is 35.5. The van der Waals surface area contributed by atoms with Crippen molar-refractivity contribution in [2.24, 2.45) is 0 Å².